The second-order valence-electron chi connectivity index (χ2n) is 6.88. The summed E-state index contributed by atoms with van der Waals surface area (Å²) in [4.78, 5) is 25.6. The number of aromatic nitrogens is 4. The van der Waals surface area contributed by atoms with Crippen LogP contribution in [0.3, 0.4) is 0 Å². The van der Waals surface area contributed by atoms with Crippen LogP contribution in [0.1, 0.15) is 28.9 Å². The van der Waals surface area contributed by atoms with Crippen molar-refractivity contribution in [1.29, 1.82) is 0 Å². The van der Waals surface area contributed by atoms with Gasteiger partial charge in [0.2, 0.25) is 0 Å². The molecule has 7 nitrogen and oxygen atoms in total. The molecule has 5 heterocycles. The average molecular weight is 504 g/mol. The summed E-state index contributed by atoms with van der Waals surface area (Å²) in [5.41, 5.74) is 2.94. The number of fused-ring (bicyclic) bond motifs is 1. The first-order valence-corrected chi connectivity index (χ1v) is 10.6. The average Bonchev–Trinajstić information content (AvgIpc) is 3.40. The molecule has 9 heteroatoms. The van der Waals surface area contributed by atoms with Gasteiger partial charge in [0.05, 0.1) is 46.0 Å². The fourth-order valence-electron chi connectivity index (χ4n) is 3.67. The van der Waals surface area contributed by atoms with E-state index in [2.05, 4.69) is 51.8 Å². The van der Waals surface area contributed by atoms with E-state index in [0.29, 0.717) is 12.1 Å². The molecule has 0 atom stereocenters. The van der Waals surface area contributed by atoms with Crippen LogP contribution in [0.5, 0.6) is 0 Å². The summed E-state index contributed by atoms with van der Waals surface area (Å²) in [6, 6.07) is 3.88. The predicted molar refractivity (Wildman–Crippen MR) is 113 cm³/mol. The first-order chi connectivity index (χ1) is 13.6. The van der Waals surface area contributed by atoms with E-state index in [-0.39, 0.29) is 5.91 Å². The highest BCUT2D eigenvalue weighted by Gasteiger charge is 2.32. The van der Waals surface area contributed by atoms with Gasteiger partial charge >= 0.3 is 0 Å². The summed E-state index contributed by atoms with van der Waals surface area (Å²) in [6.45, 7) is 2.51. The van der Waals surface area contributed by atoms with Gasteiger partial charge in [0.1, 0.15) is 5.82 Å². The highest BCUT2D eigenvalue weighted by molar-refractivity contribution is 9.10. The monoisotopic (exact) mass is 502 g/mol. The van der Waals surface area contributed by atoms with E-state index < -0.39 is 0 Å². The summed E-state index contributed by atoms with van der Waals surface area (Å²) >= 11 is 7.04. The van der Waals surface area contributed by atoms with E-state index in [0.717, 1.165) is 44.9 Å². The highest BCUT2D eigenvalue weighted by Crippen LogP contribution is 2.31. The standard InChI is InChI=1S/C19H16Br2N6O/c20-12-5-13(8-22-7-12)26-11-17-15(19(26)28)10-27(24-17)14-6-16(21)18(23-9-14)25-3-1-2-4-25/h5-10H,1-4,11H2. The maximum atomic E-state index is 12.8. The summed E-state index contributed by atoms with van der Waals surface area (Å²) in [5, 5.41) is 4.63. The third-order valence-corrected chi connectivity index (χ3v) is 6.07. The molecule has 3 aromatic rings. The van der Waals surface area contributed by atoms with E-state index in [1.807, 2.05) is 12.1 Å². The Labute approximate surface area is 178 Å². The van der Waals surface area contributed by atoms with Crippen molar-refractivity contribution in [2.24, 2.45) is 0 Å². The van der Waals surface area contributed by atoms with Gasteiger partial charge in [0.15, 0.2) is 0 Å². The van der Waals surface area contributed by atoms with E-state index in [1.54, 1.807) is 34.4 Å². The molecule has 0 radical (unpaired) electrons. The summed E-state index contributed by atoms with van der Waals surface area (Å²) in [7, 11) is 0. The van der Waals surface area contributed by atoms with Gasteiger partial charge in [-0.05, 0) is 56.8 Å². The molecule has 0 bridgehead atoms. The molecule has 5 rings (SSSR count). The molecule has 0 aromatic carbocycles. The first-order valence-electron chi connectivity index (χ1n) is 9.02. The summed E-state index contributed by atoms with van der Waals surface area (Å²) < 4.78 is 3.50. The van der Waals surface area contributed by atoms with Gasteiger partial charge in [-0.2, -0.15) is 5.10 Å². The lowest BCUT2D eigenvalue weighted by molar-refractivity contribution is 0.0996. The Kier molecular flexibility index (Phi) is 4.43. The summed E-state index contributed by atoms with van der Waals surface area (Å²) in [5.74, 6) is 0.896. The fourth-order valence-corrected chi connectivity index (χ4v) is 4.61. The number of anilines is 2. The molecular formula is C19H16Br2N6O. The van der Waals surface area contributed by atoms with Gasteiger partial charge in [-0.15, -0.1) is 0 Å². The minimum Gasteiger partial charge on any atom is -0.356 e. The van der Waals surface area contributed by atoms with E-state index in [9.17, 15) is 4.79 Å². The number of carbonyl (C=O) groups excluding carboxylic acids is 1. The minimum atomic E-state index is -0.0677. The van der Waals surface area contributed by atoms with Gasteiger partial charge in [0, 0.05) is 30.0 Å². The van der Waals surface area contributed by atoms with Crippen LogP contribution in [0, 0.1) is 0 Å². The molecule has 2 aliphatic rings. The van der Waals surface area contributed by atoms with Crippen LogP contribution in [0.4, 0.5) is 11.5 Å². The first kappa shape index (κ1) is 17.8. The second kappa shape index (κ2) is 6.97. The zero-order valence-electron chi connectivity index (χ0n) is 14.8. The Hall–Kier alpha value is -2.26. The van der Waals surface area contributed by atoms with Crippen molar-refractivity contribution in [3.8, 4) is 5.69 Å². The molecule has 0 saturated carbocycles. The number of halogens is 2. The zero-order valence-corrected chi connectivity index (χ0v) is 18.0. The van der Waals surface area contributed by atoms with Crippen LogP contribution in [0.15, 0.2) is 45.9 Å². The van der Waals surface area contributed by atoms with Crippen molar-refractivity contribution < 1.29 is 4.79 Å². The molecule has 1 fully saturated rings. The Bertz CT molecular complexity index is 1080. The molecule has 0 spiro atoms. The van der Waals surface area contributed by atoms with Crippen LogP contribution < -0.4 is 9.80 Å². The van der Waals surface area contributed by atoms with E-state index in [4.69, 9.17) is 0 Å². The number of amides is 1. The van der Waals surface area contributed by atoms with Crippen molar-refractivity contribution in [2.75, 3.05) is 22.9 Å². The highest BCUT2D eigenvalue weighted by atomic mass is 79.9. The molecule has 0 unspecified atom stereocenters. The fraction of sp³-hybridized carbons (Fsp3) is 0.263. The summed E-state index contributed by atoms with van der Waals surface area (Å²) in [6.07, 6.45) is 9.37. The Balaban J connectivity index is 1.42. The number of carbonyl (C=O) groups is 1. The van der Waals surface area contributed by atoms with E-state index in [1.165, 1.54) is 12.8 Å². The quantitative estimate of drug-likeness (QED) is 0.541. The second-order valence-corrected chi connectivity index (χ2v) is 8.65. The Morgan fingerprint density at radius 2 is 1.82 bits per heavy atom. The van der Waals surface area contributed by atoms with Crippen molar-refractivity contribution in [3.05, 3.63) is 57.1 Å². The van der Waals surface area contributed by atoms with Gasteiger partial charge in [-0.25, -0.2) is 9.67 Å². The predicted octanol–water partition coefficient (Wildman–Crippen LogP) is 3.95. The SMILES string of the molecule is O=C1c2cn(-c3cnc(N4CCCC4)c(Br)c3)nc2CN1c1cncc(Br)c1. The minimum absolute atomic E-state index is 0.0677. The number of pyridine rings is 2. The topological polar surface area (TPSA) is 67.2 Å². The normalized spacial score (nSPS) is 16.1. The van der Waals surface area contributed by atoms with Gasteiger partial charge in [0.25, 0.3) is 5.91 Å². The van der Waals surface area contributed by atoms with Crippen LogP contribution in [-0.2, 0) is 6.54 Å². The van der Waals surface area contributed by atoms with Crippen molar-refractivity contribution in [1.82, 2.24) is 19.7 Å². The maximum Gasteiger partial charge on any atom is 0.262 e. The van der Waals surface area contributed by atoms with Gasteiger partial charge < -0.3 is 9.80 Å². The number of rotatable bonds is 3. The van der Waals surface area contributed by atoms with Crippen molar-refractivity contribution in [3.63, 3.8) is 0 Å². The van der Waals surface area contributed by atoms with Gasteiger partial charge in [-0.3, -0.25) is 9.78 Å². The maximum absolute atomic E-state index is 12.8. The molecule has 0 aliphatic carbocycles. The van der Waals surface area contributed by atoms with Crippen molar-refractivity contribution >= 4 is 49.3 Å². The lowest BCUT2D eigenvalue weighted by atomic mass is 10.3. The van der Waals surface area contributed by atoms with E-state index >= 15 is 0 Å². The lowest BCUT2D eigenvalue weighted by Crippen LogP contribution is -2.24. The molecule has 3 aromatic heterocycles. The van der Waals surface area contributed by atoms with Gasteiger partial charge in [-0.1, -0.05) is 0 Å². The molecule has 0 N–H and O–H groups in total. The molecule has 28 heavy (non-hydrogen) atoms. The largest absolute Gasteiger partial charge is 0.356 e. The molecule has 1 amide bonds. The van der Waals surface area contributed by atoms with Crippen LogP contribution in [-0.4, -0.2) is 38.7 Å². The number of hydrogen-bond donors (Lipinski definition) is 0. The third kappa shape index (κ3) is 3.02. The Morgan fingerprint density at radius 3 is 2.54 bits per heavy atom. The molecule has 1 saturated heterocycles. The number of hydrogen-bond acceptors (Lipinski definition) is 5. The van der Waals surface area contributed by atoms with Crippen LogP contribution >= 0.6 is 31.9 Å². The van der Waals surface area contributed by atoms with Crippen LogP contribution in [0.2, 0.25) is 0 Å². The zero-order chi connectivity index (χ0) is 19.3. The smallest absolute Gasteiger partial charge is 0.262 e. The third-order valence-electron chi connectivity index (χ3n) is 5.05. The Morgan fingerprint density at radius 1 is 1.00 bits per heavy atom. The van der Waals surface area contributed by atoms with Crippen LogP contribution in [0.25, 0.3) is 5.69 Å². The molecule has 142 valence electrons. The number of nitrogens with zero attached hydrogens (tertiary/aromatic N) is 6. The van der Waals surface area contributed by atoms with Crippen molar-refractivity contribution in [2.45, 2.75) is 19.4 Å². The molecule has 2 aliphatic heterocycles. The lowest BCUT2D eigenvalue weighted by Gasteiger charge is -2.18. The molecular weight excluding hydrogens is 488 g/mol.